The first kappa shape index (κ1) is 19.4. The van der Waals surface area contributed by atoms with Crippen molar-refractivity contribution in [2.45, 2.75) is 13.0 Å². The molecule has 26 heavy (non-hydrogen) atoms. The molecular weight excluding hydrogens is 334 g/mol. The molecule has 2 aromatic rings. The number of amides is 1. The van der Waals surface area contributed by atoms with E-state index < -0.39 is 4.92 Å². The van der Waals surface area contributed by atoms with Crippen molar-refractivity contribution in [1.29, 1.82) is 0 Å². The van der Waals surface area contributed by atoms with Gasteiger partial charge in [-0.3, -0.25) is 14.9 Å². The SMILES string of the molecule is COCCCN(Cc1cccn1C)C(=O)C=Cc1ccc([N+](=O)[O-])cc1. The molecule has 0 unspecified atom stereocenters. The van der Waals surface area contributed by atoms with Crippen LogP contribution in [0.2, 0.25) is 0 Å². The predicted octanol–water partition coefficient (Wildman–Crippen LogP) is 3.01. The van der Waals surface area contributed by atoms with Gasteiger partial charge in [0, 0.05) is 57.4 Å². The van der Waals surface area contributed by atoms with Gasteiger partial charge in [0.1, 0.15) is 0 Å². The molecule has 7 heteroatoms. The summed E-state index contributed by atoms with van der Waals surface area (Å²) >= 11 is 0. The normalized spacial score (nSPS) is 11.0. The standard InChI is InChI=1S/C19H23N3O4/c1-20-12-3-5-18(20)15-21(13-4-14-26-2)19(23)11-8-16-6-9-17(10-7-16)22(24)25/h3,5-12H,4,13-15H2,1-2H3. The minimum absolute atomic E-state index is 0.0263. The van der Waals surface area contributed by atoms with Crippen LogP contribution >= 0.6 is 0 Å². The summed E-state index contributed by atoms with van der Waals surface area (Å²) in [5, 5.41) is 10.7. The first-order valence-corrected chi connectivity index (χ1v) is 8.32. The molecule has 0 aliphatic rings. The Morgan fingerprint density at radius 2 is 2.04 bits per heavy atom. The summed E-state index contributed by atoms with van der Waals surface area (Å²) in [5.74, 6) is -0.111. The number of non-ortho nitro benzene ring substituents is 1. The van der Waals surface area contributed by atoms with Gasteiger partial charge in [-0.1, -0.05) is 0 Å². The summed E-state index contributed by atoms with van der Waals surface area (Å²) in [6.45, 7) is 1.68. The molecule has 0 atom stereocenters. The first-order chi connectivity index (χ1) is 12.5. The fraction of sp³-hybridized carbons (Fsp3) is 0.316. The minimum atomic E-state index is -0.448. The van der Waals surface area contributed by atoms with Crippen LogP contribution in [0.25, 0.3) is 6.08 Å². The number of aryl methyl sites for hydroxylation is 1. The zero-order valence-electron chi connectivity index (χ0n) is 15.0. The van der Waals surface area contributed by atoms with E-state index in [2.05, 4.69) is 0 Å². The molecule has 0 saturated heterocycles. The lowest BCUT2D eigenvalue weighted by molar-refractivity contribution is -0.384. The molecule has 0 N–H and O–H groups in total. The Kier molecular flexibility index (Phi) is 7.11. The second kappa shape index (κ2) is 9.53. The van der Waals surface area contributed by atoms with Crippen molar-refractivity contribution in [3.8, 4) is 0 Å². The van der Waals surface area contributed by atoms with Gasteiger partial charge >= 0.3 is 0 Å². The van der Waals surface area contributed by atoms with Crippen molar-refractivity contribution < 1.29 is 14.5 Å². The Bertz CT molecular complexity index is 765. The largest absolute Gasteiger partial charge is 0.385 e. The number of aromatic nitrogens is 1. The Morgan fingerprint density at radius 3 is 2.62 bits per heavy atom. The van der Waals surface area contributed by atoms with Crippen molar-refractivity contribution in [2.24, 2.45) is 7.05 Å². The number of carbonyl (C=O) groups excluding carboxylic acids is 1. The Labute approximate surface area is 152 Å². The number of nitrogens with zero attached hydrogens (tertiary/aromatic N) is 3. The van der Waals surface area contributed by atoms with Crippen LogP contribution in [0.15, 0.2) is 48.7 Å². The molecule has 0 fully saturated rings. The van der Waals surface area contributed by atoms with Crippen LogP contribution in [0.1, 0.15) is 17.7 Å². The summed E-state index contributed by atoms with van der Waals surface area (Å²) in [6, 6.07) is 10.0. The third-order valence-corrected chi connectivity index (χ3v) is 4.01. The highest BCUT2D eigenvalue weighted by atomic mass is 16.6. The predicted molar refractivity (Wildman–Crippen MR) is 99.5 cm³/mol. The van der Waals surface area contributed by atoms with E-state index in [1.54, 1.807) is 30.2 Å². The highest BCUT2D eigenvalue weighted by molar-refractivity contribution is 5.91. The van der Waals surface area contributed by atoms with Crippen LogP contribution in [0.3, 0.4) is 0 Å². The number of benzene rings is 1. The van der Waals surface area contributed by atoms with Crippen LogP contribution < -0.4 is 0 Å². The molecule has 1 aromatic carbocycles. The molecule has 1 amide bonds. The number of ether oxygens (including phenoxy) is 1. The Balaban J connectivity index is 2.06. The molecule has 1 aromatic heterocycles. The van der Waals surface area contributed by atoms with E-state index in [-0.39, 0.29) is 11.6 Å². The topological polar surface area (TPSA) is 77.6 Å². The maximum absolute atomic E-state index is 12.6. The van der Waals surface area contributed by atoms with E-state index in [1.165, 1.54) is 18.2 Å². The molecule has 0 radical (unpaired) electrons. The number of rotatable bonds is 9. The number of hydrogen-bond acceptors (Lipinski definition) is 4. The van der Waals surface area contributed by atoms with Crippen molar-refractivity contribution in [1.82, 2.24) is 9.47 Å². The number of methoxy groups -OCH3 is 1. The van der Waals surface area contributed by atoms with Crippen LogP contribution in [0.5, 0.6) is 0 Å². The molecule has 0 spiro atoms. The fourth-order valence-corrected chi connectivity index (χ4v) is 2.50. The lowest BCUT2D eigenvalue weighted by Crippen LogP contribution is -2.31. The van der Waals surface area contributed by atoms with Crippen molar-refractivity contribution in [3.05, 3.63) is 70.0 Å². The first-order valence-electron chi connectivity index (χ1n) is 8.32. The maximum Gasteiger partial charge on any atom is 0.269 e. The highest BCUT2D eigenvalue weighted by Crippen LogP contribution is 2.13. The second-order valence-corrected chi connectivity index (χ2v) is 5.90. The smallest absolute Gasteiger partial charge is 0.269 e. The van der Waals surface area contributed by atoms with Crippen LogP contribution in [-0.2, 0) is 23.1 Å². The van der Waals surface area contributed by atoms with Gasteiger partial charge in [-0.15, -0.1) is 0 Å². The number of hydrogen-bond donors (Lipinski definition) is 0. The quantitative estimate of drug-likeness (QED) is 0.299. The van der Waals surface area contributed by atoms with Crippen LogP contribution in [0, 0.1) is 10.1 Å². The molecule has 0 aliphatic carbocycles. The number of nitro benzene ring substituents is 1. The second-order valence-electron chi connectivity index (χ2n) is 5.90. The zero-order chi connectivity index (χ0) is 18.9. The third kappa shape index (κ3) is 5.56. The fourth-order valence-electron chi connectivity index (χ4n) is 2.50. The van der Waals surface area contributed by atoms with E-state index >= 15 is 0 Å². The highest BCUT2D eigenvalue weighted by Gasteiger charge is 2.13. The van der Waals surface area contributed by atoms with Gasteiger partial charge in [0.2, 0.25) is 5.91 Å². The van der Waals surface area contributed by atoms with Gasteiger partial charge in [-0.05, 0) is 42.3 Å². The van der Waals surface area contributed by atoms with Gasteiger partial charge in [-0.2, -0.15) is 0 Å². The monoisotopic (exact) mass is 357 g/mol. The lowest BCUT2D eigenvalue weighted by Gasteiger charge is -2.21. The van der Waals surface area contributed by atoms with Gasteiger partial charge in [-0.25, -0.2) is 0 Å². The van der Waals surface area contributed by atoms with Gasteiger partial charge in [0.05, 0.1) is 11.5 Å². The molecular formula is C19H23N3O4. The third-order valence-electron chi connectivity index (χ3n) is 4.01. The Morgan fingerprint density at radius 1 is 1.31 bits per heavy atom. The lowest BCUT2D eigenvalue weighted by atomic mass is 10.2. The number of carbonyl (C=O) groups is 1. The minimum Gasteiger partial charge on any atom is -0.385 e. The molecule has 0 aliphatic heterocycles. The zero-order valence-corrected chi connectivity index (χ0v) is 15.0. The van der Waals surface area contributed by atoms with Gasteiger partial charge < -0.3 is 14.2 Å². The molecule has 7 nitrogen and oxygen atoms in total. The molecule has 2 rings (SSSR count). The van der Waals surface area contributed by atoms with Gasteiger partial charge in [0.15, 0.2) is 0 Å². The van der Waals surface area contributed by atoms with Crippen molar-refractivity contribution in [2.75, 3.05) is 20.3 Å². The van der Waals surface area contributed by atoms with E-state index in [9.17, 15) is 14.9 Å². The van der Waals surface area contributed by atoms with Crippen LogP contribution in [-0.4, -0.2) is 40.6 Å². The molecule has 0 bridgehead atoms. The van der Waals surface area contributed by atoms with Crippen molar-refractivity contribution in [3.63, 3.8) is 0 Å². The average Bonchev–Trinajstić information content (AvgIpc) is 3.04. The summed E-state index contributed by atoms with van der Waals surface area (Å²) in [6.07, 6.45) is 5.86. The van der Waals surface area contributed by atoms with E-state index in [1.807, 2.05) is 29.9 Å². The van der Waals surface area contributed by atoms with E-state index in [4.69, 9.17) is 4.74 Å². The average molecular weight is 357 g/mol. The van der Waals surface area contributed by atoms with E-state index in [0.717, 1.165) is 17.7 Å². The summed E-state index contributed by atoms with van der Waals surface area (Å²) in [5.41, 5.74) is 1.80. The molecule has 0 saturated carbocycles. The summed E-state index contributed by atoms with van der Waals surface area (Å²) in [4.78, 5) is 24.6. The summed E-state index contributed by atoms with van der Waals surface area (Å²) < 4.78 is 7.06. The summed E-state index contributed by atoms with van der Waals surface area (Å²) in [7, 11) is 3.58. The van der Waals surface area contributed by atoms with Crippen LogP contribution in [0.4, 0.5) is 5.69 Å². The molecule has 1 heterocycles. The molecule has 138 valence electrons. The Hall–Kier alpha value is -2.93. The number of nitro groups is 1. The van der Waals surface area contributed by atoms with E-state index in [0.29, 0.717) is 19.7 Å². The maximum atomic E-state index is 12.6. The van der Waals surface area contributed by atoms with Gasteiger partial charge in [0.25, 0.3) is 5.69 Å². The van der Waals surface area contributed by atoms with Crippen molar-refractivity contribution >= 4 is 17.7 Å².